The summed E-state index contributed by atoms with van der Waals surface area (Å²) in [6.07, 6.45) is 67.1. The molecule has 0 amide bonds. The number of carbonyl (C=O) groups excluding carboxylic acids is 3. The molecule has 0 aromatic rings. The van der Waals surface area contributed by atoms with E-state index in [1.165, 1.54) is 186 Å². The molecule has 0 fully saturated rings. The fourth-order valence-electron chi connectivity index (χ4n) is 8.65. The van der Waals surface area contributed by atoms with E-state index in [2.05, 4.69) is 57.2 Å². The number of carbonyl (C=O) groups is 3. The van der Waals surface area contributed by atoms with Gasteiger partial charge in [0.05, 0.1) is 0 Å². The Kier molecular flexibility index (Phi) is 54.2. The third kappa shape index (κ3) is 54.4. The SMILES string of the molecule is CCCCC/C=C\C/C=C\CCCCCCCC(=O)OC(COC(=O)CCCCCCC/C=C\CCCCCCCC)COC(=O)CCCCCCCCCCCCCCCCCCCCC. The van der Waals surface area contributed by atoms with Crippen LogP contribution < -0.4 is 0 Å². The highest BCUT2D eigenvalue weighted by Gasteiger charge is 2.19. The molecule has 0 heterocycles. The van der Waals surface area contributed by atoms with Crippen molar-refractivity contribution < 1.29 is 28.6 Å². The second kappa shape index (κ2) is 56.2. The zero-order valence-electron chi connectivity index (χ0n) is 44.9. The molecular formula is C61H112O6. The molecule has 0 saturated heterocycles. The Morgan fingerprint density at radius 2 is 0.537 bits per heavy atom. The highest BCUT2D eigenvalue weighted by atomic mass is 16.6. The quantitative estimate of drug-likeness (QED) is 0.0262. The van der Waals surface area contributed by atoms with E-state index < -0.39 is 6.10 Å². The summed E-state index contributed by atoms with van der Waals surface area (Å²) in [7, 11) is 0. The molecule has 0 aromatic carbocycles. The molecule has 0 spiro atoms. The minimum absolute atomic E-state index is 0.0768. The molecule has 67 heavy (non-hydrogen) atoms. The first-order valence-electron chi connectivity index (χ1n) is 29.5. The van der Waals surface area contributed by atoms with Crippen LogP contribution in [0.25, 0.3) is 0 Å². The van der Waals surface area contributed by atoms with Crippen molar-refractivity contribution in [3.8, 4) is 0 Å². The first-order valence-corrected chi connectivity index (χ1v) is 29.5. The van der Waals surface area contributed by atoms with Gasteiger partial charge in [-0.1, -0.05) is 256 Å². The van der Waals surface area contributed by atoms with Crippen LogP contribution in [0, 0.1) is 0 Å². The molecule has 392 valence electrons. The van der Waals surface area contributed by atoms with E-state index in [-0.39, 0.29) is 31.1 Å². The van der Waals surface area contributed by atoms with Crippen LogP contribution in [0.5, 0.6) is 0 Å². The third-order valence-corrected chi connectivity index (χ3v) is 13.1. The Bertz CT molecular complexity index is 1130. The molecular weight excluding hydrogens is 829 g/mol. The van der Waals surface area contributed by atoms with E-state index in [0.29, 0.717) is 19.3 Å². The fraction of sp³-hybridized carbons (Fsp3) is 0.852. The smallest absolute Gasteiger partial charge is 0.306 e. The van der Waals surface area contributed by atoms with E-state index in [9.17, 15) is 14.4 Å². The van der Waals surface area contributed by atoms with Gasteiger partial charge in [-0.3, -0.25) is 14.4 Å². The van der Waals surface area contributed by atoms with E-state index in [1.807, 2.05) is 0 Å². The molecule has 0 radical (unpaired) electrons. The Labute approximate surface area is 416 Å². The van der Waals surface area contributed by atoms with Crippen molar-refractivity contribution in [1.82, 2.24) is 0 Å². The van der Waals surface area contributed by atoms with Gasteiger partial charge in [0.2, 0.25) is 0 Å². The van der Waals surface area contributed by atoms with Crippen molar-refractivity contribution in [1.29, 1.82) is 0 Å². The predicted octanol–water partition coefficient (Wildman–Crippen LogP) is 19.7. The standard InChI is InChI=1S/C61H112O6/c1-4-7-10-13-16-19-22-25-28-29-30-31-34-36-39-42-45-48-51-54-60(63)66-57-58(67-61(64)55-52-49-46-43-40-37-33-27-24-21-18-15-12-9-6-3)56-65-59(62)53-50-47-44-41-38-35-32-26-23-20-17-14-11-8-5-2/h18,21,26-27,32-33,58H,4-17,19-20,22-25,28-31,34-57H2,1-3H3/b21-18-,32-26-,33-27-. The van der Waals surface area contributed by atoms with Gasteiger partial charge in [-0.15, -0.1) is 0 Å². The van der Waals surface area contributed by atoms with Crippen molar-refractivity contribution in [2.24, 2.45) is 0 Å². The van der Waals surface area contributed by atoms with Crippen LogP contribution in [0.1, 0.15) is 316 Å². The van der Waals surface area contributed by atoms with Crippen LogP contribution in [-0.2, 0) is 28.6 Å². The minimum atomic E-state index is -0.780. The van der Waals surface area contributed by atoms with E-state index in [0.717, 1.165) is 89.9 Å². The molecule has 0 aliphatic carbocycles. The zero-order chi connectivity index (χ0) is 48.6. The number of hydrogen-bond donors (Lipinski definition) is 0. The highest BCUT2D eigenvalue weighted by Crippen LogP contribution is 2.17. The lowest BCUT2D eigenvalue weighted by Gasteiger charge is -2.18. The summed E-state index contributed by atoms with van der Waals surface area (Å²) in [5.74, 6) is -0.881. The van der Waals surface area contributed by atoms with Gasteiger partial charge in [0, 0.05) is 19.3 Å². The van der Waals surface area contributed by atoms with Crippen LogP contribution in [-0.4, -0.2) is 37.2 Å². The molecule has 0 aliphatic heterocycles. The highest BCUT2D eigenvalue weighted by molar-refractivity contribution is 5.71. The second-order valence-corrected chi connectivity index (χ2v) is 19.9. The molecule has 0 aromatic heterocycles. The van der Waals surface area contributed by atoms with Gasteiger partial charge < -0.3 is 14.2 Å². The number of allylic oxidation sites excluding steroid dienone is 6. The molecule has 0 saturated carbocycles. The van der Waals surface area contributed by atoms with Crippen LogP contribution >= 0.6 is 0 Å². The summed E-state index contributed by atoms with van der Waals surface area (Å²) in [5, 5.41) is 0. The number of rotatable bonds is 54. The van der Waals surface area contributed by atoms with Crippen LogP contribution in [0.15, 0.2) is 36.5 Å². The summed E-state index contributed by atoms with van der Waals surface area (Å²) < 4.78 is 16.9. The van der Waals surface area contributed by atoms with Crippen LogP contribution in [0.4, 0.5) is 0 Å². The van der Waals surface area contributed by atoms with E-state index in [1.54, 1.807) is 0 Å². The molecule has 1 unspecified atom stereocenters. The lowest BCUT2D eigenvalue weighted by atomic mass is 10.0. The largest absolute Gasteiger partial charge is 0.462 e. The average Bonchev–Trinajstić information content (AvgIpc) is 3.33. The van der Waals surface area contributed by atoms with Gasteiger partial charge in [0.25, 0.3) is 0 Å². The number of hydrogen-bond acceptors (Lipinski definition) is 6. The van der Waals surface area contributed by atoms with Crippen molar-refractivity contribution in [2.45, 2.75) is 322 Å². The van der Waals surface area contributed by atoms with Crippen molar-refractivity contribution in [3.63, 3.8) is 0 Å². The molecule has 0 bridgehead atoms. The molecule has 0 rings (SSSR count). The Hall–Kier alpha value is -2.37. The Morgan fingerprint density at radius 3 is 0.866 bits per heavy atom. The maximum Gasteiger partial charge on any atom is 0.306 e. The summed E-state index contributed by atoms with van der Waals surface area (Å²) in [5.41, 5.74) is 0. The van der Waals surface area contributed by atoms with Gasteiger partial charge in [-0.25, -0.2) is 0 Å². The number of ether oxygens (including phenoxy) is 3. The van der Waals surface area contributed by atoms with Gasteiger partial charge in [-0.2, -0.15) is 0 Å². The lowest BCUT2D eigenvalue weighted by Crippen LogP contribution is -2.30. The molecule has 0 aliphatic rings. The monoisotopic (exact) mass is 941 g/mol. The average molecular weight is 942 g/mol. The number of unbranched alkanes of at least 4 members (excludes halogenated alkanes) is 37. The summed E-state index contributed by atoms with van der Waals surface area (Å²) in [4.78, 5) is 38.2. The van der Waals surface area contributed by atoms with Crippen molar-refractivity contribution in [2.75, 3.05) is 13.2 Å². The first-order chi connectivity index (χ1) is 33.0. The zero-order valence-corrected chi connectivity index (χ0v) is 44.9. The lowest BCUT2D eigenvalue weighted by molar-refractivity contribution is -0.167. The molecule has 6 nitrogen and oxygen atoms in total. The van der Waals surface area contributed by atoms with Crippen molar-refractivity contribution >= 4 is 17.9 Å². The summed E-state index contributed by atoms with van der Waals surface area (Å²) in [6, 6.07) is 0. The first kappa shape index (κ1) is 64.6. The van der Waals surface area contributed by atoms with Gasteiger partial charge in [-0.05, 0) is 77.0 Å². The van der Waals surface area contributed by atoms with Gasteiger partial charge in [0.1, 0.15) is 13.2 Å². The Balaban J connectivity index is 4.34. The van der Waals surface area contributed by atoms with E-state index >= 15 is 0 Å². The third-order valence-electron chi connectivity index (χ3n) is 13.1. The second-order valence-electron chi connectivity index (χ2n) is 19.9. The fourth-order valence-corrected chi connectivity index (χ4v) is 8.65. The summed E-state index contributed by atoms with van der Waals surface area (Å²) in [6.45, 7) is 6.63. The topological polar surface area (TPSA) is 78.9 Å². The van der Waals surface area contributed by atoms with Gasteiger partial charge in [0.15, 0.2) is 6.10 Å². The Morgan fingerprint density at radius 1 is 0.299 bits per heavy atom. The molecule has 0 N–H and O–H groups in total. The number of esters is 3. The maximum absolute atomic E-state index is 12.8. The molecule has 1 atom stereocenters. The van der Waals surface area contributed by atoms with Crippen LogP contribution in [0.3, 0.4) is 0 Å². The molecule has 6 heteroatoms. The van der Waals surface area contributed by atoms with Gasteiger partial charge >= 0.3 is 17.9 Å². The summed E-state index contributed by atoms with van der Waals surface area (Å²) >= 11 is 0. The van der Waals surface area contributed by atoms with E-state index in [4.69, 9.17) is 14.2 Å². The minimum Gasteiger partial charge on any atom is -0.462 e. The predicted molar refractivity (Wildman–Crippen MR) is 289 cm³/mol. The van der Waals surface area contributed by atoms with Crippen LogP contribution in [0.2, 0.25) is 0 Å². The normalized spacial score (nSPS) is 12.2. The maximum atomic E-state index is 12.8. The van der Waals surface area contributed by atoms with Crippen molar-refractivity contribution in [3.05, 3.63) is 36.5 Å².